The van der Waals surface area contributed by atoms with Crippen molar-refractivity contribution < 1.29 is 9.53 Å². The van der Waals surface area contributed by atoms with E-state index in [1.54, 1.807) is 0 Å². The van der Waals surface area contributed by atoms with Crippen LogP contribution in [0.15, 0.2) is 0 Å². The van der Waals surface area contributed by atoms with Gasteiger partial charge in [-0.05, 0) is 11.3 Å². The highest BCUT2D eigenvalue weighted by Gasteiger charge is 2.16. The van der Waals surface area contributed by atoms with Crippen molar-refractivity contribution in [2.75, 3.05) is 6.61 Å². The van der Waals surface area contributed by atoms with Crippen molar-refractivity contribution in [1.29, 1.82) is 0 Å². The van der Waals surface area contributed by atoms with Crippen molar-refractivity contribution in [1.82, 2.24) is 0 Å². The molecule has 0 saturated heterocycles. The van der Waals surface area contributed by atoms with Gasteiger partial charge in [0.15, 0.2) is 0 Å². The fourth-order valence-corrected chi connectivity index (χ4v) is 0.744. The maximum absolute atomic E-state index is 11.1. The first kappa shape index (κ1) is 11.5. The monoisotopic (exact) mass is 172 g/mol. The number of rotatable bonds is 3. The van der Waals surface area contributed by atoms with Crippen LogP contribution in [0.2, 0.25) is 0 Å². The zero-order valence-corrected chi connectivity index (χ0v) is 8.81. The van der Waals surface area contributed by atoms with E-state index in [1.165, 1.54) is 0 Å². The molecule has 0 N–H and O–H groups in total. The highest BCUT2D eigenvalue weighted by molar-refractivity contribution is 5.70. The molecular formula is C10H20O2. The lowest BCUT2D eigenvalue weighted by Gasteiger charge is -2.17. The van der Waals surface area contributed by atoms with E-state index in [-0.39, 0.29) is 11.4 Å². The molecule has 0 spiro atoms. The van der Waals surface area contributed by atoms with Crippen LogP contribution in [0.5, 0.6) is 0 Å². The number of ether oxygens (including phenoxy) is 1. The molecule has 0 heterocycles. The summed E-state index contributed by atoms with van der Waals surface area (Å²) in [7, 11) is 0. The van der Waals surface area contributed by atoms with Gasteiger partial charge in [0.2, 0.25) is 0 Å². The van der Waals surface area contributed by atoms with Crippen LogP contribution in [0.1, 0.15) is 41.0 Å². The summed E-state index contributed by atoms with van der Waals surface area (Å²) in [6.07, 6.45) is 0.500. The minimum absolute atomic E-state index is 0.0358. The minimum Gasteiger partial charge on any atom is -0.465 e. The Balaban J connectivity index is 3.61. The lowest BCUT2D eigenvalue weighted by molar-refractivity contribution is -0.146. The summed E-state index contributed by atoms with van der Waals surface area (Å²) in [5.74, 6) is 0.338. The smallest absolute Gasteiger partial charge is 0.306 e. The predicted octanol–water partition coefficient (Wildman–Crippen LogP) is 2.62. The summed E-state index contributed by atoms with van der Waals surface area (Å²) >= 11 is 0. The Morgan fingerprint density at radius 2 is 1.83 bits per heavy atom. The van der Waals surface area contributed by atoms with E-state index in [4.69, 9.17) is 4.74 Å². The SMILES string of the molecule is CC(C)COC(=O)CC(C)(C)C. The normalized spacial score (nSPS) is 11.8. The fourth-order valence-electron chi connectivity index (χ4n) is 0.744. The molecular weight excluding hydrogens is 152 g/mol. The maximum Gasteiger partial charge on any atom is 0.306 e. The number of hydrogen-bond donors (Lipinski definition) is 0. The summed E-state index contributed by atoms with van der Waals surface area (Å²) in [6.45, 7) is 10.7. The van der Waals surface area contributed by atoms with Crippen LogP contribution in [-0.4, -0.2) is 12.6 Å². The molecule has 2 heteroatoms. The zero-order valence-electron chi connectivity index (χ0n) is 8.81. The molecule has 0 bridgehead atoms. The molecule has 0 aromatic heterocycles. The lowest BCUT2D eigenvalue weighted by atomic mass is 9.92. The van der Waals surface area contributed by atoms with Gasteiger partial charge in [0.05, 0.1) is 13.0 Å². The van der Waals surface area contributed by atoms with Gasteiger partial charge >= 0.3 is 5.97 Å². The third-order valence-corrected chi connectivity index (χ3v) is 1.25. The topological polar surface area (TPSA) is 26.3 Å². The standard InChI is InChI=1S/C10H20O2/c1-8(2)7-12-9(11)6-10(3,4)5/h8H,6-7H2,1-5H3. The van der Waals surface area contributed by atoms with Gasteiger partial charge < -0.3 is 4.74 Å². The van der Waals surface area contributed by atoms with E-state index >= 15 is 0 Å². The van der Waals surface area contributed by atoms with Crippen LogP contribution in [0.3, 0.4) is 0 Å². The Hall–Kier alpha value is -0.530. The minimum atomic E-state index is -0.0869. The van der Waals surface area contributed by atoms with Crippen LogP contribution in [-0.2, 0) is 9.53 Å². The van der Waals surface area contributed by atoms with Crippen molar-refractivity contribution in [2.24, 2.45) is 11.3 Å². The van der Waals surface area contributed by atoms with Gasteiger partial charge in [0.1, 0.15) is 0 Å². The number of esters is 1. The van der Waals surface area contributed by atoms with E-state index in [0.29, 0.717) is 18.9 Å². The van der Waals surface area contributed by atoms with Gasteiger partial charge in [-0.25, -0.2) is 0 Å². The molecule has 2 nitrogen and oxygen atoms in total. The quantitative estimate of drug-likeness (QED) is 0.612. The zero-order chi connectivity index (χ0) is 9.78. The van der Waals surface area contributed by atoms with Crippen LogP contribution in [0.4, 0.5) is 0 Å². The van der Waals surface area contributed by atoms with Gasteiger partial charge in [0, 0.05) is 0 Å². The van der Waals surface area contributed by atoms with Crippen molar-refractivity contribution in [3.63, 3.8) is 0 Å². The molecule has 12 heavy (non-hydrogen) atoms. The Morgan fingerprint density at radius 3 is 2.17 bits per heavy atom. The summed E-state index contributed by atoms with van der Waals surface area (Å²) in [4.78, 5) is 11.1. The maximum atomic E-state index is 11.1. The third-order valence-electron chi connectivity index (χ3n) is 1.25. The number of carbonyl (C=O) groups is 1. The van der Waals surface area contributed by atoms with Crippen molar-refractivity contribution in [3.8, 4) is 0 Å². The van der Waals surface area contributed by atoms with Crippen LogP contribution in [0.25, 0.3) is 0 Å². The first-order valence-electron chi connectivity index (χ1n) is 4.47. The van der Waals surface area contributed by atoms with Gasteiger partial charge in [-0.3, -0.25) is 4.79 Å². The first-order valence-corrected chi connectivity index (χ1v) is 4.47. The Labute approximate surface area is 75.3 Å². The van der Waals surface area contributed by atoms with Crippen molar-refractivity contribution in [3.05, 3.63) is 0 Å². The Kier molecular flexibility index (Phi) is 4.29. The number of carbonyl (C=O) groups excluding carboxylic acids is 1. The second kappa shape index (κ2) is 4.48. The molecule has 72 valence electrons. The molecule has 0 unspecified atom stereocenters. The molecule has 0 aliphatic heterocycles. The van der Waals surface area contributed by atoms with E-state index in [2.05, 4.69) is 0 Å². The highest BCUT2D eigenvalue weighted by Crippen LogP contribution is 2.18. The van der Waals surface area contributed by atoms with Crippen molar-refractivity contribution >= 4 is 5.97 Å². The second-order valence-corrected chi connectivity index (χ2v) is 4.81. The van der Waals surface area contributed by atoms with Crippen LogP contribution >= 0.6 is 0 Å². The average molecular weight is 172 g/mol. The largest absolute Gasteiger partial charge is 0.465 e. The lowest BCUT2D eigenvalue weighted by Crippen LogP contribution is -2.17. The molecule has 0 aliphatic rings. The molecule has 0 saturated carbocycles. The Bertz CT molecular complexity index is 142. The number of hydrogen-bond acceptors (Lipinski definition) is 2. The van der Waals surface area contributed by atoms with Gasteiger partial charge in [-0.1, -0.05) is 34.6 Å². The molecule has 0 aromatic rings. The molecule has 0 rings (SSSR count). The van der Waals surface area contributed by atoms with Crippen molar-refractivity contribution in [2.45, 2.75) is 41.0 Å². The second-order valence-electron chi connectivity index (χ2n) is 4.81. The van der Waals surface area contributed by atoms with E-state index < -0.39 is 0 Å². The molecule has 0 aromatic carbocycles. The third kappa shape index (κ3) is 7.58. The summed E-state index contributed by atoms with van der Waals surface area (Å²) < 4.78 is 5.04. The van der Waals surface area contributed by atoms with E-state index in [0.717, 1.165) is 0 Å². The molecule has 0 atom stereocenters. The molecule has 0 aliphatic carbocycles. The first-order chi connectivity index (χ1) is 5.31. The molecule has 0 radical (unpaired) electrons. The average Bonchev–Trinajstić information content (AvgIpc) is 1.79. The summed E-state index contributed by atoms with van der Waals surface area (Å²) in [6, 6.07) is 0. The summed E-state index contributed by atoms with van der Waals surface area (Å²) in [5.41, 5.74) is 0.0358. The summed E-state index contributed by atoms with van der Waals surface area (Å²) in [5, 5.41) is 0. The van der Waals surface area contributed by atoms with Gasteiger partial charge in [-0.2, -0.15) is 0 Å². The van der Waals surface area contributed by atoms with E-state index in [9.17, 15) is 4.79 Å². The predicted molar refractivity (Wildman–Crippen MR) is 49.9 cm³/mol. The van der Waals surface area contributed by atoms with Gasteiger partial charge in [-0.15, -0.1) is 0 Å². The molecule has 0 fully saturated rings. The van der Waals surface area contributed by atoms with Crippen LogP contribution in [0, 0.1) is 11.3 Å². The highest BCUT2D eigenvalue weighted by atomic mass is 16.5. The van der Waals surface area contributed by atoms with Crippen LogP contribution < -0.4 is 0 Å². The van der Waals surface area contributed by atoms with Gasteiger partial charge in [0.25, 0.3) is 0 Å². The van der Waals surface area contributed by atoms with E-state index in [1.807, 2.05) is 34.6 Å². The molecule has 0 amide bonds. The Morgan fingerprint density at radius 1 is 1.33 bits per heavy atom. The fraction of sp³-hybridized carbons (Fsp3) is 0.900.